The Bertz CT molecular complexity index is 387. The van der Waals surface area contributed by atoms with E-state index in [1.54, 1.807) is 0 Å². The molecule has 0 aliphatic carbocycles. The molecule has 17 heavy (non-hydrogen) atoms. The van der Waals surface area contributed by atoms with E-state index in [0.29, 0.717) is 6.20 Å². The first-order valence-corrected chi connectivity index (χ1v) is 8.36. The molecule has 0 aliphatic rings. The SMILES string of the molecule is O=N[O-].O=c1[n-]c(=O)c(F)c[nH]1.[Cl][Pt][Cl].[NH2-].[NH2-]. The van der Waals surface area contributed by atoms with Gasteiger partial charge in [-0.3, -0.25) is 9.59 Å². The maximum Gasteiger partial charge on any atom is -0.693 e. The molecule has 1 aromatic heterocycles. The number of halogens is 3. The van der Waals surface area contributed by atoms with E-state index < -0.39 is 33.5 Å². The van der Waals surface area contributed by atoms with Gasteiger partial charge in [-0.15, -0.1) is 5.34 Å². The van der Waals surface area contributed by atoms with E-state index in [2.05, 4.69) is 4.98 Å². The maximum absolute atomic E-state index is 12.0. The van der Waals surface area contributed by atoms with Crippen LogP contribution in [0.1, 0.15) is 0 Å². The molecule has 0 bridgehead atoms. The smallest absolute Gasteiger partial charge is 0.693 e. The fraction of sp³-hybridized carbons (Fsp3) is 0. The second-order valence-corrected chi connectivity index (χ2v) is 4.76. The van der Waals surface area contributed by atoms with Crippen LogP contribution in [0.15, 0.2) is 21.1 Å². The summed E-state index contributed by atoms with van der Waals surface area (Å²) in [6.07, 6.45) is 0.678. The molecule has 1 heterocycles. The molecule has 0 saturated carbocycles. The summed E-state index contributed by atoms with van der Waals surface area (Å²) in [5.74, 6) is -1.05. The fourth-order valence-electron chi connectivity index (χ4n) is 0.365. The summed E-state index contributed by atoms with van der Waals surface area (Å²) in [6.45, 7) is 0. The molecule has 0 fully saturated rings. The van der Waals surface area contributed by atoms with Crippen molar-refractivity contribution < 1.29 is 20.9 Å². The van der Waals surface area contributed by atoms with Gasteiger partial charge >= 0.3 is 35.3 Å². The van der Waals surface area contributed by atoms with Gasteiger partial charge in [0.2, 0.25) is 5.56 Å². The predicted molar refractivity (Wildman–Crippen MR) is 58.0 cm³/mol. The van der Waals surface area contributed by atoms with Gasteiger partial charge in [0, 0.05) is 0 Å². The number of aromatic nitrogens is 2. The molecule has 13 heteroatoms. The molecule has 0 atom stereocenters. The zero-order valence-corrected chi connectivity index (χ0v) is 11.5. The minimum absolute atomic E-state index is 0. The van der Waals surface area contributed by atoms with Crippen molar-refractivity contribution in [2.24, 2.45) is 5.34 Å². The summed E-state index contributed by atoms with van der Waals surface area (Å²) in [6, 6.07) is 0. The average Bonchev–Trinajstić information content (AvgIpc) is 2.14. The van der Waals surface area contributed by atoms with Crippen LogP contribution in [0.5, 0.6) is 0 Å². The van der Waals surface area contributed by atoms with Crippen LogP contribution in [0.4, 0.5) is 4.39 Å². The molecule has 0 radical (unpaired) electrons. The predicted octanol–water partition coefficient (Wildman–Crippen LogP) is 1.89. The van der Waals surface area contributed by atoms with Crippen molar-refractivity contribution in [3.63, 3.8) is 0 Å². The van der Waals surface area contributed by atoms with Crippen LogP contribution in [0.3, 0.4) is 0 Å². The van der Waals surface area contributed by atoms with E-state index in [1.165, 1.54) is 0 Å². The standard InChI is InChI=1S/C4H3FN2O2.2ClH.HNO2.2H2N.Pt/c5-2-1-6-4(9)7-3(2)8;;;2-1-3;;;/h1H,(H2,6,7,8,9);2*1H;(H,2,3);2*1H2;/q;;;;2*-1;+2/p-4. The van der Waals surface area contributed by atoms with Crippen molar-refractivity contribution in [2.45, 2.75) is 0 Å². The van der Waals surface area contributed by atoms with E-state index in [0.717, 1.165) is 5.34 Å². The van der Waals surface area contributed by atoms with Gasteiger partial charge in [-0.25, -0.2) is 4.39 Å². The summed E-state index contributed by atoms with van der Waals surface area (Å²) >= 11 is -0.472. The number of nitrogens with zero attached hydrogens (tertiary/aromatic N) is 2. The third-order valence-corrected chi connectivity index (χ3v) is 0.730. The van der Waals surface area contributed by atoms with E-state index in [-0.39, 0.29) is 12.3 Å². The van der Waals surface area contributed by atoms with Crippen LogP contribution in [0, 0.1) is 15.9 Å². The molecule has 1 aromatic rings. The largest absolute Gasteiger partial charge is 0.693 e. The topological polar surface area (TPSA) is 184 Å². The first-order chi connectivity index (χ1) is 7.03. The minimum Gasteiger partial charge on any atom is -0.693 e. The van der Waals surface area contributed by atoms with Gasteiger partial charge in [0.05, 0.1) is 0 Å². The molecule has 0 saturated heterocycles. The van der Waals surface area contributed by atoms with Gasteiger partial charge < -0.3 is 32.4 Å². The number of aromatic amines is 1. The second-order valence-electron chi connectivity index (χ2n) is 1.48. The quantitative estimate of drug-likeness (QED) is 0.445. The fourth-order valence-corrected chi connectivity index (χ4v) is 0.365. The summed E-state index contributed by atoms with van der Waals surface area (Å²) < 4.78 is 12.0. The zero-order chi connectivity index (χ0) is 12.3. The Morgan fingerprint density at radius 2 is 1.76 bits per heavy atom. The van der Waals surface area contributed by atoms with Crippen LogP contribution in [0.2, 0.25) is 0 Å². The molecule has 0 aromatic carbocycles. The number of nitrogens with two attached hydrogens (primary N) is 2. The van der Waals surface area contributed by atoms with Crippen molar-refractivity contribution in [1.82, 2.24) is 9.97 Å². The maximum atomic E-state index is 12.0. The normalized spacial score (nSPS) is 7.00. The van der Waals surface area contributed by atoms with Crippen molar-refractivity contribution in [1.29, 1.82) is 0 Å². The third-order valence-electron chi connectivity index (χ3n) is 0.730. The Kier molecular flexibility index (Phi) is 26.0. The van der Waals surface area contributed by atoms with Crippen LogP contribution < -0.4 is 16.2 Å². The van der Waals surface area contributed by atoms with Gasteiger partial charge in [-0.2, -0.15) is 0 Å². The molecular weight excluding hydrogens is 467 g/mol. The number of hydrogen-bond acceptors (Lipinski definition) is 5. The first kappa shape index (κ1) is 25.1. The summed E-state index contributed by atoms with van der Waals surface area (Å²) in [5.41, 5.74) is -1.96. The van der Waals surface area contributed by atoms with Gasteiger partial charge in [0.15, 0.2) is 11.5 Å². The number of rotatable bonds is 0. The molecule has 9 nitrogen and oxygen atoms in total. The summed E-state index contributed by atoms with van der Waals surface area (Å²) in [7, 11) is 9.75. The Hall–Kier alpha value is -0.802. The molecule has 0 spiro atoms. The van der Waals surface area contributed by atoms with E-state index in [9.17, 15) is 14.0 Å². The van der Waals surface area contributed by atoms with Crippen molar-refractivity contribution in [3.05, 3.63) is 55.3 Å². The van der Waals surface area contributed by atoms with Gasteiger partial charge in [0.1, 0.15) is 0 Å². The van der Waals surface area contributed by atoms with E-state index in [4.69, 9.17) is 29.0 Å². The number of H-pyrrole nitrogens is 1. The summed E-state index contributed by atoms with van der Waals surface area (Å²) in [4.78, 5) is 32.9. The van der Waals surface area contributed by atoms with Crippen LogP contribution in [0.25, 0.3) is 12.3 Å². The van der Waals surface area contributed by atoms with Crippen molar-refractivity contribution in [3.8, 4) is 0 Å². The Labute approximate surface area is 110 Å². The van der Waals surface area contributed by atoms with Gasteiger partial charge in [-0.05, 0) is 6.20 Å². The monoisotopic (exact) mass is 472 g/mol. The molecule has 0 unspecified atom stereocenters. The minimum atomic E-state index is -1.13. The second kappa shape index (κ2) is 17.6. The van der Waals surface area contributed by atoms with E-state index in [1.807, 2.05) is 4.98 Å². The number of nitrogens with one attached hydrogen (secondary N) is 1. The number of hydrogen-bond donors (Lipinski definition) is 1. The van der Waals surface area contributed by atoms with Crippen molar-refractivity contribution in [2.75, 3.05) is 0 Å². The summed E-state index contributed by atoms with van der Waals surface area (Å²) in [5, 5.41) is 9.00. The molecular formula is C4H6Cl2FN5O4Pt-4. The first-order valence-electron chi connectivity index (χ1n) is 2.73. The Balaban J connectivity index is -0.0000000917. The molecule has 0 amide bonds. The van der Waals surface area contributed by atoms with Crippen LogP contribution in [-0.4, -0.2) is 4.98 Å². The van der Waals surface area contributed by atoms with Crippen LogP contribution in [-0.2, 0) is 16.5 Å². The Morgan fingerprint density at radius 1 is 1.41 bits per heavy atom. The average molecular weight is 473 g/mol. The third kappa shape index (κ3) is 17.8. The molecule has 106 valence electrons. The van der Waals surface area contributed by atoms with E-state index >= 15 is 0 Å². The molecule has 5 N–H and O–H groups in total. The van der Waals surface area contributed by atoms with Crippen LogP contribution >= 0.6 is 18.8 Å². The van der Waals surface area contributed by atoms with Gasteiger partial charge in [0.25, 0.3) is 0 Å². The zero-order valence-electron chi connectivity index (χ0n) is 7.71. The molecule has 1 rings (SSSR count). The van der Waals surface area contributed by atoms with Crippen molar-refractivity contribution >= 4 is 18.8 Å². The Morgan fingerprint density at radius 3 is 2.00 bits per heavy atom. The molecule has 0 aliphatic heterocycles. The van der Waals surface area contributed by atoms with Gasteiger partial charge in [-0.1, -0.05) is 0 Å².